The third kappa shape index (κ3) is 3.82. The number of carbonyl (C=O) groups is 1. The van der Waals surface area contributed by atoms with E-state index in [0.29, 0.717) is 17.0 Å². The van der Waals surface area contributed by atoms with Gasteiger partial charge in [-0.05, 0) is 42.3 Å². The maximum Gasteiger partial charge on any atom is 0.336 e. The van der Waals surface area contributed by atoms with Crippen LogP contribution in [0, 0.1) is 6.92 Å². The summed E-state index contributed by atoms with van der Waals surface area (Å²) in [5.74, 6) is -0.310. The Morgan fingerprint density at radius 3 is 2.44 bits per heavy atom. The van der Waals surface area contributed by atoms with Crippen LogP contribution in [0.15, 0.2) is 65.6 Å². The fourth-order valence-corrected chi connectivity index (χ4v) is 2.98. The summed E-state index contributed by atoms with van der Waals surface area (Å²) in [7, 11) is 1.58. The highest BCUT2D eigenvalue weighted by Crippen LogP contribution is 2.28. The predicted octanol–water partition coefficient (Wildman–Crippen LogP) is 4.02. The summed E-state index contributed by atoms with van der Waals surface area (Å²) in [6.45, 7) is 1.90. The summed E-state index contributed by atoms with van der Waals surface area (Å²) in [5.41, 5.74) is 3.02. The van der Waals surface area contributed by atoms with Crippen LogP contribution in [0.1, 0.15) is 27.0 Å². The minimum Gasteiger partial charge on any atom is -0.496 e. The first kappa shape index (κ1) is 18.2. The van der Waals surface area contributed by atoms with Gasteiger partial charge in [0.25, 0.3) is 5.56 Å². The Bertz CT molecular complexity index is 1080. The van der Waals surface area contributed by atoms with Crippen molar-refractivity contribution in [2.75, 3.05) is 7.11 Å². The lowest BCUT2D eigenvalue weighted by Crippen LogP contribution is -2.15. The first-order chi connectivity index (χ1) is 13.0. The van der Waals surface area contributed by atoms with E-state index in [2.05, 4.69) is 0 Å². The molecule has 27 heavy (non-hydrogen) atoms. The Labute approximate surface area is 156 Å². The molecule has 5 nitrogen and oxygen atoms in total. The third-order valence-electron chi connectivity index (χ3n) is 4.23. The highest BCUT2D eigenvalue weighted by Gasteiger charge is 2.10. The van der Waals surface area contributed by atoms with E-state index in [1.54, 1.807) is 66.4 Å². The lowest BCUT2D eigenvalue weighted by Gasteiger charge is -2.13. The molecule has 1 heterocycles. The average molecular weight is 361 g/mol. The number of hydrogen-bond acceptors (Lipinski definition) is 3. The molecule has 0 spiro atoms. The molecular weight excluding hydrogens is 342 g/mol. The van der Waals surface area contributed by atoms with Crippen molar-refractivity contribution in [2.24, 2.45) is 0 Å². The molecule has 1 N–H and O–H groups in total. The number of nitrogens with zero attached hydrogens (tertiary/aromatic N) is 1. The zero-order valence-electron chi connectivity index (χ0n) is 15.0. The first-order valence-electron chi connectivity index (χ1n) is 8.38. The Kier molecular flexibility index (Phi) is 5.22. The highest BCUT2D eigenvalue weighted by molar-refractivity contribution is 5.93. The molecule has 0 fully saturated rings. The van der Waals surface area contributed by atoms with Gasteiger partial charge in [0.2, 0.25) is 0 Å². The van der Waals surface area contributed by atoms with Crippen LogP contribution >= 0.6 is 0 Å². The fourth-order valence-electron chi connectivity index (χ4n) is 2.98. The Balaban J connectivity index is 2.11. The lowest BCUT2D eigenvalue weighted by molar-refractivity contribution is 0.0696. The summed E-state index contributed by atoms with van der Waals surface area (Å²) in [6, 6.07) is 15.5. The number of aromatic nitrogens is 1. The van der Waals surface area contributed by atoms with Gasteiger partial charge in [-0.15, -0.1) is 0 Å². The van der Waals surface area contributed by atoms with Crippen molar-refractivity contribution in [1.82, 2.24) is 4.57 Å². The molecule has 0 aliphatic heterocycles. The number of carboxylic acids is 1. The number of benzene rings is 2. The lowest BCUT2D eigenvalue weighted by atomic mass is 10.0. The van der Waals surface area contributed by atoms with E-state index in [0.717, 1.165) is 11.1 Å². The minimum absolute atomic E-state index is 0.131. The summed E-state index contributed by atoms with van der Waals surface area (Å²) in [5, 5.41) is 9.33. The second kappa shape index (κ2) is 7.74. The smallest absolute Gasteiger partial charge is 0.336 e. The molecule has 0 aliphatic carbocycles. The summed E-state index contributed by atoms with van der Waals surface area (Å²) in [6.07, 6.45) is 5.24. The van der Waals surface area contributed by atoms with Gasteiger partial charge < -0.3 is 9.84 Å². The second-order valence-electron chi connectivity index (χ2n) is 6.02. The zero-order chi connectivity index (χ0) is 19.4. The van der Waals surface area contributed by atoms with Gasteiger partial charge in [-0.1, -0.05) is 36.4 Å². The van der Waals surface area contributed by atoms with Crippen molar-refractivity contribution >= 4 is 18.1 Å². The molecule has 0 radical (unpaired) electrons. The molecule has 0 saturated carbocycles. The molecule has 0 amide bonds. The van der Waals surface area contributed by atoms with E-state index in [-0.39, 0.29) is 11.1 Å². The van der Waals surface area contributed by atoms with Crippen molar-refractivity contribution in [2.45, 2.75) is 6.92 Å². The van der Waals surface area contributed by atoms with Crippen LogP contribution in [0.2, 0.25) is 0 Å². The largest absolute Gasteiger partial charge is 0.496 e. The number of hydrogen-bond donors (Lipinski definition) is 1. The van der Waals surface area contributed by atoms with E-state index in [9.17, 15) is 14.7 Å². The molecule has 5 heteroatoms. The summed E-state index contributed by atoms with van der Waals surface area (Å²) in [4.78, 5) is 23.5. The van der Waals surface area contributed by atoms with Gasteiger partial charge in [-0.3, -0.25) is 9.36 Å². The normalized spacial score (nSPS) is 10.9. The number of ether oxygens (including phenoxy) is 1. The molecule has 136 valence electrons. The van der Waals surface area contributed by atoms with Gasteiger partial charge in [0.15, 0.2) is 0 Å². The van der Waals surface area contributed by atoms with E-state index < -0.39 is 5.97 Å². The quantitative estimate of drug-likeness (QED) is 0.697. The van der Waals surface area contributed by atoms with Crippen LogP contribution in [0.25, 0.3) is 17.8 Å². The number of aryl methyl sites for hydroxylation is 1. The third-order valence-corrected chi connectivity index (χ3v) is 4.23. The molecular formula is C22H19NO4. The topological polar surface area (TPSA) is 68.5 Å². The molecule has 2 aromatic carbocycles. The molecule has 0 aliphatic rings. The van der Waals surface area contributed by atoms with Crippen molar-refractivity contribution in [3.8, 4) is 11.4 Å². The van der Waals surface area contributed by atoms with Gasteiger partial charge in [0, 0.05) is 23.5 Å². The maximum atomic E-state index is 12.1. The number of methoxy groups -OCH3 is 1. The SMILES string of the molecule is COc1c(C)cc(-n2ccccc2=O)cc1C=Cc1ccccc1C(=O)O. The molecule has 3 rings (SSSR count). The average Bonchev–Trinajstić information content (AvgIpc) is 2.66. The number of carboxylic acid groups (broad SMARTS) is 1. The molecule has 0 bridgehead atoms. The molecule has 0 unspecified atom stereocenters. The van der Waals surface area contributed by atoms with Crippen LogP contribution in [0.4, 0.5) is 0 Å². The van der Waals surface area contributed by atoms with Gasteiger partial charge in [-0.25, -0.2) is 4.79 Å². The van der Waals surface area contributed by atoms with Crippen LogP contribution in [0.5, 0.6) is 5.75 Å². The molecule has 1 aromatic heterocycles. The van der Waals surface area contributed by atoms with Crippen molar-refractivity contribution in [3.63, 3.8) is 0 Å². The van der Waals surface area contributed by atoms with Crippen LogP contribution in [0.3, 0.4) is 0 Å². The molecule has 3 aromatic rings. The van der Waals surface area contributed by atoms with Crippen molar-refractivity contribution in [3.05, 3.63) is 93.4 Å². The predicted molar refractivity (Wildman–Crippen MR) is 106 cm³/mol. The second-order valence-corrected chi connectivity index (χ2v) is 6.02. The van der Waals surface area contributed by atoms with Gasteiger partial charge in [0.1, 0.15) is 5.75 Å². The van der Waals surface area contributed by atoms with Crippen molar-refractivity contribution < 1.29 is 14.6 Å². The van der Waals surface area contributed by atoms with Crippen molar-refractivity contribution in [1.29, 1.82) is 0 Å². The molecule has 0 saturated heterocycles. The monoisotopic (exact) mass is 361 g/mol. The first-order valence-corrected chi connectivity index (χ1v) is 8.38. The molecule has 0 atom stereocenters. The van der Waals surface area contributed by atoms with Crippen LogP contribution in [-0.4, -0.2) is 22.8 Å². The van der Waals surface area contributed by atoms with E-state index >= 15 is 0 Å². The summed E-state index contributed by atoms with van der Waals surface area (Å²) >= 11 is 0. The zero-order valence-corrected chi connectivity index (χ0v) is 15.0. The Morgan fingerprint density at radius 1 is 1.04 bits per heavy atom. The summed E-state index contributed by atoms with van der Waals surface area (Å²) < 4.78 is 7.06. The van der Waals surface area contributed by atoms with E-state index in [1.807, 2.05) is 19.1 Å². The van der Waals surface area contributed by atoms with E-state index in [4.69, 9.17) is 4.74 Å². The minimum atomic E-state index is -0.983. The number of rotatable bonds is 5. The Hall–Kier alpha value is -3.60. The highest BCUT2D eigenvalue weighted by atomic mass is 16.5. The fraction of sp³-hybridized carbons (Fsp3) is 0.0909. The maximum absolute atomic E-state index is 12.1. The Morgan fingerprint density at radius 2 is 1.74 bits per heavy atom. The van der Waals surface area contributed by atoms with Gasteiger partial charge in [-0.2, -0.15) is 0 Å². The van der Waals surface area contributed by atoms with Gasteiger partial charge in [0.05, 0.1) is 12.7 Å². The van der Waals surface area contributed by atoms with Gasteiger partial charge >= 0.3 is 5.97 Å². The van der Waals surface area contributed by atoms with Crippen LogP contribution in [-0.2, 0) is 0 Å². The number of pyridine rings is 1. The number of aromatic carboxylic acids is 1. The standard InChI is InChI=1S/C22H19NO4/c1-15-13-18(23-12-6-5-9-20(23)24)14-17(21(15)27-2)11-10-16-7-3-4-8-19(16)22(25)26/h3-14H,1-2H3,(H,25,26). The van der Waals surface area contributed by atoms with E-state index in [1.165, 1.54) is 6.07 Å². The van der Waals surface area contributed by atoms with Crippen LogP contribution < -0.4 is 10.3 Å².